The molecule has 0 spiro atoms. The van der Waals surface area contributed by atoms with Gasteiger partial charge in [-0.15, -0.1) is 10.2 Å². The lowest BCUT2D eigenvalue weighted by atomic mass is 10.2. The molecule has 0 N–H and O–H groups in total. The number of morpholine rings is 1. The van der Waals surface area contributed by atoms with Gasteiger partial charge < -0.3 is 14.2 Å². The summed E-state index contributed by atoms with van der Waals surface area (Å²) in [4.78, 5) is 15.7. The molecule has 1 aliphatic rings. The molecular weight excluding hydrogens is 258 g/mol. The third-order valence-electron chi connectivity index (χ3n) is 3.44. The first-order valence-corrected chi connectivity index (χ1v) is 6.92. The molecule has 1 saturated heterocycles. The molecule has 0 saturated carbocycles. The van der Waals surface area contributed by atoms with Crippen molar-refractivity contribution in [3.05, 3.63) is 12.2 Å². The number of hydrogen-bond donors (Lipinski definition) is 0. The van der Waals surface area contributed by atoms with Gasteiger partial charge in [-0.2, -0.15) is 0 Å². The Kier molecular flexibility index (Phi) is 4.72. The van der Waals surface area contributed by atoms with Crippen LogP contribution in [0.5, 0.6) is 0 Å². The minimum absolute atomic E-state index is 0.0139. The van der Waals surface area contributed by atoms with Crippen LogP contribution < -0.4 is 0 Å². The van der Waals surface area contributed by atoms with Gasteiger partial charge in [0.05, 0.1) is 13.2 Å². The van der Waals surface area contributed by atoms with Gasteiger partial charge in [0, 0.05) is 33.2 Å². The van der Waals surface area contributed by atoms with Crippen LogP contribution in [-0.4, -0.2) is 70.4 Å². The van der Waals surface area contributed by atoms with E-state index in [1.54, 1.807) is 25.3 Å². The summed E-state index contributed by atoms with van der Waals surface area (Å²) in [5.74, 6) is 0.943. The minimum atomic E-state index is -0.380. The highest BCUT2D eigenvalue weighted by molar-refractivity contribution is 5.80. The predicted molar refractivity (Wildman–Crippen MR) is 74.1 cm³/mol. The van der Waals surface area contributed by atoms with Crippen molar-refractivity contribution in [2.24, 2.45) is 0 Å². The Morgan fingerprint density at radius 2 is 2.30 bits per heavy atom. The zero-order chi connectivity index (χ0) is 14.7. The summed E-state index contributed by atoms with van der Waals surface area (Å²) in [6.07, 6.45) is 1.37. The van der Waals surface area contributed by atoms with Crippen molar-refractivity contribution < 1.29 is 9.53 Å². The molecule has 1 fully saturated rings. The molecule has 20 heavy (non-hydrogen) atoms. The van der Waals surface area contributed by atoms with Gasteiger partial charge in [-0.3, -0.25) is 9.69 Å². The summed E-state index contributed by atoms with van der Waals surface area (Å²) >= 11 is 0. The summed E-state index contributed by atoms with van der Waals surface area (Å²) in [5, 5.41) is 8.14. The summed E-state index contributed by atoms with van der Waals surface area (Å²) in [6.45, 7) is 6.87. The van der Waals surface area contributed by atoms with Gasteiger partial charge >= 0.3 is 0 Å². The van der Waals surface area contributed by atoms with Crippen molar-refractivity contribution in [3.8, 4) is 0 Å². The van der Waals surface area contributed by atoms with Crippen molar-refractivity contribution >= 4 is 5.91 Å². The predicted octanol–water partition coefficient (Wildman–Crippen LogP) is 0.148. The van der Waals surface area contributed by atoms with Gasteiger partial charge in [-0.25, -0.2) is 0 Å². The maximum absolute atomic E-state index is 12.0. The molecule has 1 aromatic heterocycles. The van der Waals surface area contributed by atoms with E-state index in [-0.39, 0.29) is 12.0 Å². The molecule has 2 heterocycles. The Morgan fingerprint density at radius 3 is 2.95 bits per heavy atom. The van der Waals surface area contributed by atoms with Gasteiger partial charge in [0.1, 0.15) is 18.3 Å². The van der Waals surface area contributed by atoms with E-state index in [1.807, 2.05) is 0 Å². The van der Waals surface area contributed by atoms with Gasteiger partial charge in [0.2, 0.25) is 0 Å². The second-order valence-electron chi connectivity index (χ2n) is 5.58. The molecule has 1 amide bonds. The fourth-order valence-electron chi connectivity index (χ4n) is 2.29. The van der Waals surface area contributed by atoms with E-state index in [4.69, 9.17) is 4.74 Å². The highest BCUT2D eigenvalue weighted by Crippen LogP contribution is 2.13. The molecule has 0 aromatic carbocycles. The van der Waals surface area contributed by atoms with E-state index >= 15 is 0 Å². The molecule has 7 heteroatoms. The Hall–Kier alpha value is -1.47. The van der Waals surface area contributed by atoms with E-state index in [9.17, 15) is 4.79 Å². The molecule has 1 atom stereocenters. The number of nitrogens with zero attached hydrogens (tertiary/aromatic N) is 5. The molecule has 1 aliphatic heterocycles. The Balaban J connectivity index is 1.99. The average molecular weight is 281 g/mol. The van der Waals surface area contributed by atoms with E-state index in [0.29, 0.717) is 25.7 Å². The lowest BCUT2D eigenvalue weighted by molar-refractivity contribution is -0.147. The van der Waals surface area contributed by atoms with Crippen molar-refractivity contribution in [2.75, 3.05) is 33.8 Å². The molecule has 0 unspecified atom stereocenters. The smallest absolute Gasteiger partial charge is 0.252 e. The number of carbonyl (C=O) groups excluding carboxylic acids is 1. The van der Waals surface area contributed by atoms with Gasteiger partial charge in [0.15, 0.2) is 0 Å². The number of amides is 1. The standard InChI is InChI=1S/C13H23N5O2/c1-10(2)18-9-14-15-12(18)8-17-5-6-20-11(7-17)13(19)16(3)4/h9-11H,5-8H2,1-4H3/t11-/m1/s1. The first-order valence-electron chi connectivity index (χ1n) is 6.92. The number of aromatic nitrogens is 3. The van der Waals surface area contributed by atoms with Gasteiger partial charge in [-0.05, 0) is 13.8 Å². The van der Waals surface area contributed by atoms with Crippen LogP contribution in [0, 0.1) is 0 Å². The number of ether oxygens (including phenoxy) is 1. The van der Waals surface area contributed by atoms with E-state index in [2.05, 4.69) is 33.5 Å². The molecular formula is C13H23N5O2. The highest BCUT2D eigenvalue weighted by atomic mass is 16.5. The first-order chi connectivity index (χ1) is 9.49. The topological polar surface area (TPSA) is 63.5 Å². The van der Waals surface area contributed by atoms with E-state index < -0.39 is 0 Å². The van der Waals surface area contributed by atoms with Crippen LogP contribution in [0.25, 0.3) is 0 Å². The number of rotatable bonds is 4. The van der Waals surface area contributed by atoms with E-state index in [1.165, 1.54) is 0 Å². The second-order valence-corrected chi connectivity index (χ2v) is 5.58. The molecule has 7 nitrogen and oxygen atoms in total. The lowest BCUT2D eigenvalue weighted by Crippen LogP contribution is -2.49. The molecule has 0 bridgehead atoms. The zero-order valence-electron chi connectivity index (χ0n) is 12.6. The van der Waals surface area contributed by atoms with Crippen LogP contribution in [-0.2, 0) is 16.1 Å². The van der Waals surface area contributed by atoms with Crippen molar-refractivity contribution in [1.82, 2.24) is 24.6 Å². The van der Waals surface area contributed by atoms with Crippen LogP contribution in [0.3, 0.4) is 0 Å². The highest BCUT2D eigenvalue weighted by Gasteiger charge is 2.28. The van der Waals surface area contributed by atoms with Crippen LogP contribution in [0.15, 0.2) is 6.33 Å². The SMILES string of the molecule is CC(C)n1cnnc1CN1CCO[C@@H](C(=O)N(C)C)C1. The number of hydrogen-bond acceptors (Lipinski definition) is 5. The number of likely N-dealkylation sites (N-methyl/N-ethyl adjacent to an activating group) is 1. The van der Waals surface area contributed by atoms with Crippen molar-refractivity contribution in [1.29, 1.82) is 0 Å². The molecule has 112 valence electrons. The Bertz CT molecular complexity index is 457. The number of carbonyl (C=O) groups is 1. The van der Waals surface area contributed by atoms with Crippen LogP contribution in [0.1, 0.15) is 25.7 Å². The van der Waals surface area contributed by atoms with Crippen molar-refractivity contribution in [3.63, 3.8) is 0 Å². The molecule has 0 radical (unpaired) electrons. The maximum atomic E-state index is 12.0. The fraction of sp³-hybridized carbons (Fsp3) is 0.769. The molecule has 0 aliphatic carbocycles. The first kappa shape index (κ1) is 14.9. The third kappa shape index (κ3) is 3.34. The lowest BCUT2D eigenvalue weighted by Gasteiger charge is -2.33. The van der Waals surface area contributed by atoms with Crippen molar-refractivity contribution in [2.45, 2.75) is 32.5 Å². The minimum Gasteiger partial charge on any atom is -0.366 e. The summed E-state index contributed by atoms with van der Waals surface area (Å²) in [6, 6.07) is 0.334. The zero-order valence-corrected chi connectivity index (χ0v) is 12.6. The quantitative estimate of drug-likeness (QED) is 0.786. The summed E-state index contributed by atoms with van der Waals surface area (Å²) < 4.78 is 7.61. The normalized spacial score (nSPS) is 20.4. The Morgan fingerprint density at radius 1 is 1.55 bits per heavy atom. The largest absolute Gasteiger partial charge is 0.366 e. The average Bonchev–Trinajstić information content (AvgIpc) is 2.86. The maximum Gasteiger partial charge on any atom is 0.252 e. The van der Waals surface area contributed by atoms with E-state index in [0.717, 1.165) is 12.4 Å². The third-order valence-corrected chi connectivity index (χ3v) is 3.44. The van der Waals surface area contributed by atoms with Crippen LogP contribution in [0.2, 0.25) is 0 Å². The molecule has 1 aromatic rings. The summed E-state index contributed by atoms with van der Waals surface area (Å²) in [5.41, 5.74) is 0. The van der Waals surface area contributed by atoms with Gasteiger partial charge in [0.25, 0.3) is 5.91 Å². The second kappa shape index (κ2) is 6.32. The van der Waals surface area contributed by atoms with Crippen LogP contribution >= 0.6 is 0 Å². The monoisotopic (exact) mass is 281 g/mol. The van der Waals surface area contributed by atoms with Crippen LogP contribution in [0.4, 0.5) is 0 Å². The summed E-state index contributed by atoms with van der Waals surface area (Å²) in [7, 11) is 3.50. The molecule has 2 rings (SSSR count). The fourth-order valence-corrected chi connectivity index (χ4v) is 2.29. The Labute approximate surface area is 119 Å². The van der Waals surface area contributed by atoms with Gasteiger partial charge in [-0.1, -0.05) is 0 Å².